The minimum absolute atomic E-state index is 0.227. The molecule has 2 heteroatoms. The van der Waals surface area contributed by atoms with E-state index in [4.69, 9.17) is 0 Å². The molecule has 0 N–H and O–H groups in total. The number of carbonyl (C=O) groups excluding carboxylic acids is 2. The average molecular weight is 190 g/mol. The highest BCUT2D eigenvalue weighted by molar-refractivity contribution is 6.46. The van der Waals surface area contributed by atoms with Gasteiger partial charge in [-0.25, -0.2) is 0 Å². The van der Waals surface area contributed by atoms with E-state index in [0.717, 1.165) is 18.4 Å². The Morgan fingerprint density at radius 2 is 2.07 bits per heavy atom. The molecule has 0 heterocycles. The third kappa shape index (κ3) is 1.26. The van der Waals surface area contributed by atoms with E-state index in [2.05, 4.69) is 6.08 Å². The SMILES string of the molecule is CC1(C)CC2CC=CC=C2C(=O)C1=O. The zero-order valence-electron chi connectivity index (χ0n) is 8.54. The minimum Gasteiger partial charge on any atom is -0.290 e. The summed E-state index contributed by atoms with van der Waals surface area (Å²) >= 11 is 0. The maximum atomic E-state index is 11.7. The molecule has 1 saturated carbocycles. The van der Waals surface area contributed by atoms with Crippen LogP contribution in [0.15, 0.2) is 23.8 Å². The monoisotopic (exact) mass is 190 g/mol. The van der Waals surface area contributed by atoms with Crippen LogP contribution in [0.2, 0.25) is 0 Å². The Kier molecular flexibility index (Phi) is 1.95. The van der Waals surface area contributed by atoms with Gasteiger partial charge in [-0.2, -0.15) is 0 Å². The van der Waals surface area contributed by atoms with Gasteiger partial charge in [0.1, 0.15) is 0 Å². The zero-order valence-corrected chi connectivity index (χ0v) is 8.54. The van der Waals surface area contributed by atoms with Crippen LogP contribution in [0.25, 0.3) is 0 Å². The number of allylic oxidation sites excluding steroid dienone is 4. The molecule has 14 heavy (non-hydrogen) atoms. The van der Waals surface area contributed by atoms with Crippen molar-refractivity contribution < 1.29 is 9.59 Å². The highest BCUT2D eigenvalue weighted by Crippen LogP contribution is 2.40. The van der Waals surface area contributed by atoms with Gasteiger partial charge in [0.25, 0.3) is 0 Å². The van der Waals surface area contributed by atoms with Gasteiger partial charge in [-0.05, 0) is 18.8 Å². The fourth-order valence-corrected chi connectivity index (χ4v) is 2.28. The van der Waals surface area contributed by atoms with E-state index < -0.39 is 5.41 Å². The lowest BCUT2D eigenvalue weighted by atomic mass is 9.66. The van der Waals surface area contributed by atoms with Gasteiger partial charge in [0, 0.05) is 11.0 Å². The van der Waals surface area contributed by atoms with Gasteiger partial charge in [0.2, 0.25) is 11.6 Å². The van der Waals surface area contributed by atoms with E-state index in [1.54, 1.807) is 6.08 Å². The van der Waals surface area contributed by atoms with Gasteiger partial charge in [-0.15, -0.1) is 0 Å². The highest BCUT2D eigenvalue weighted by Gasteiger charge is 2.43. The number of hydrogen-bond donors (Lipinski definition) is 0. The predicted molar refractivity (Wildman–Crippen MR) is 53.7 cm³/mol. The van der Waals surface area contributed by atoms with E-state index in [-0.39, 0.29) is 17.5 Å². The zero-order chi connectivity index (χ0) is 10.3. The molecule has 0 amide bonds. The van der Waals surface area contributed by atoms with Crippen LogP contribution in [-0.4, -0.2) is 11.6 Å². The van der Waals surface area contributed by atoms with Crippen LogP contribution in [0.3, 0.4) is 0 Å². The van der Waals surface area contributed by atoms with E-state index in [9.17, 15) is 9.59 Å². The largest absolute Gasteiger partial charge is 0.290 e. The average Bonchev–Trinajstić information content (AvgIpc) is 2.14. The van der Waals surface area contributed by atoms with Crippen molar-refractivity contribution in [3.63, 3.8) is 0 Å². The van der Waals surface area contributed by atoms with E-state index in [0.29, 0.717) is 0 Å². The third-order valence-corrected chi connectivity index (χ3v) is 3.11. The summed E-state index contributed by atoms with van der Waals surface area (Å²) in [7, 11) is 0. The highest BCUT2D eigenvalue weighted by atomic mass is 16.2. The van der Waals surface area contributed by atoms with Crippen molar-refractivity contribution in [1.29, 1.82) is 0 Å². The summed E-state index contributed by atoms with van der Waals surface area (Å²) in [6.07, 6.45) is 7.42. The fraction of sp³-hybridized carbons (Fsp3) is 0.500. The second-order valence-electron chi connectivity index (χ2n) is 4.73. The lowest BCUT2D eigenvalue weighted by Gasteiger charge is -2.35. The normalized spacial score (nSPS) is 29.9. The number of hydrogen-bond acceptors (Lipinski definition) is 2. The summed E-state index contributed by atoms with van der Waals surface area (Å²) in [6, 6.07) is 0. The number of ketones is 2. The Morgan fingerprint density at radius 3 is 2.79 bits per heavy atom. The smallest absolute Gasteiger partial charge is 0.225 e. The Labute approximate surface area is 83.7 Å². The number of Topliss-reactive ketones (excluding diaryl/α,β-unsaturated/α-hetero) is 2. The summed E-state index contributed by atoms with van der Waals surface area (Å²) in [4.78, 5) is 23.4. The van der Waals surface area contributed by atoms with Gasteiger partial charge in [-0.1, -0.05) is 32.1 Å². The topological polar surface area (TPSA) is 34.1 Å². The summed E-state index contributed by atoms with van der Waals surface area (Å²) in [5.74, 6) is -0.230. The fourth-order valence-electron chi connectivity index (χ4n) is 2.28. The summed E-state index contributed by atoms with van der Waals surface area (Å²) < 4.78 is 0. The molecule has 0 aromatic rings. The summed E-state index contributed by atoms with van der Waals surface area (Å²) in [5.41, 5.74) is 0.251. The quantitative estimate of drug-likeness (QED) is 0.548. The second kappa shape index (κ2) is 2.91. The van der Waals surface area contributed by atoms with Crippen LogP contribution in [0.4, 0.5) is 0 Å². The van der Waals surface area contributed by atoms with Crippen molar-refractivity contribution in [3.8, 4) is 0 Å². The lowest BCUT2D eigenvalue weighted by Crippen LogP contribution is -2.41. The van der Waals surface area contributed by atoms with Crippen LogP contribution in [0, 0.1) is 11.3 Å². The third-order valence-electron chi connectivity index (χ3n) is 3.11. The summed E-state index contributed by atoms with van der Waals surface area (Å²) in [5, 5.41) is 0. The van der Waals surface area contributed by atoms with Gasteiger partial charge in [-0.3, -0.25) is 9.59 Å². The molecular weight excluding hydrogens is 176 g/mol. The van der Waals surface area contributed by atoms with E-state index >= 15 is 0 Å². The first-order valence-corrected chi connectivity index (χ1v) is 4.98. The standard InChI is InChI=1S/C12H14O2/c1-12(2)7-8-5-3-4-6-9(8)10(13)11(12)14/h3-4,6,8H,5,7H2,1-2H3. The Morgan fingerprint density at radius 1 is 1.36 bits per heavy atom. The molecule has 74 valence electrons. The number of fused-ring (bicyclic) bond motifs is 1. The molecule has 1 unspecified atom stereocenters. The number of rotatable bonds is 0. The molecule has 2 aliphatic rings. The molecule has 0 bridgehead atoms. The van der Waals surface area contributed by atoms with Crippen LogP contribution < -0.4 is 0 Å². The van der Waals surface area contributed by atoms with Crippen molar-refractivity contribution in [1.82, 2.24) is 0 Å². The number of carbonyl (C=O) groups is 2. The Bertz CT molecular complexity index is 359. The molecule has 1 atom stereocenters. The predicted octanol–water partition coefficient (Wildman–Crippen LogP) is 2.06. The van der Waals surface area contributed by atoms with Crippen molar-refractivity contribution in [2.24, 2.45) is 11.3 Å². The minimum atomic E-state index is -0.468. The Balaban J connectivity index is 2.40. The van der Waals surface area contributed by atoms with Crippen LogP contribution in [0.5, 0.6) is 0 Å². The van der Waals surface area contributed by atoms with E-state index in [1.165, 1.54) is 0 Å². The summed E-state index contributed by atoms with van der Waals surface area (Å²) in [6.45, 7) is 3.73. The van der Waals surface area contributed by atoms with Crippen molar-refractivity contribution in [3.05, 3.63) is 23.8 Å². The van der Waals surface area contributed by atoms with Crippen molar-refractivity contribution >= 4 is 11.6 Å². The van der Waals surface area contributed by atoms with Crippen molar-refractivity contribution in [2.75, 3.05) is 0 Å². The molecule has 0 aromatic carbocycles. The van der Waals surface area contributed by atoms with Crippen LogP contribution in [-0.2, 0) is 9.59 Å². The molecule has 2 rings (SSSR count). The molecule has 0 saturated heterocycles. The van der Waals surface area contributed by atoms with Crippen LogP contribution >= 0.6 is 0 Å². The van der Waals surface area contributed by atoms with Gasteiger partial charge < -0.3 is 0 Å². The molecule has 1 fully saturated rings. The molecule has 2 aliphatic carbocycles. The molecule has 0 radical (unpaired) electrons. The van der Waals surface area contributed by atoms with E-state index in [1.807, 2.05) is 19.9 Å². The first kappa shape index (κ1) is 9.38. The molecule has 0 aliphatic heterocycles. The van der Waals surface area contributed by atoms with Gasteiger partial charge in [0.15, 0.2) is 0 Å². The maximum absolute atomic E-state index is 11.7. The first-order valence-electron chi connectivity index (χ1n) is 4.98. The van der Waals surface area contributed by atoms with Crippen molar-refractivity contribution in [2.45, 2.75) is 26.7 Å². The maximum Gasteiger partial charge on any atom is 0.225 e. The van der Waals surface area contributed by atoms with Crippen LogP contribution in [0.1, 0.15) is 26.7 Å². The Hall–Kier alpha value is -1.18. The lowest BCUT2D eigenvalue weighted by molar-refractivity contribution is -0.142. The first-order chi connectivity index (χ1) is 6.52. The molecular formula is C12H14O2. The second-order valence-corrected chi connectivity index (χ2v) is 4.73. The van der Waals surface area contributed by atoms with Gasteiger partial charge in [0.05, 0.1) is 0 Å². The molecule has 0 aromatic heterocycles. The molecule has 2 nitrogen and oxygen atoms in total. The molecule has 0 spiro atoms. The van der Waals surface area contributed by atoms with Gasteiger partial charge >= 0.3 is 0 Å².